The molecule has 10 nitrogen and oxygen atoms in total. The molecule has 0 spiro atoms. The first-order valence-corrected chi connectivity index (χ1v) is 7.71. The first-order valence-electron chi connectivity index (χ1n) is 7.71. The Morgan fingerprint density at radius 3 is 2.92 bits per heavy atom. The molecule has 10 heteroatoms. The van der Waals surface area contributed by atoms with E-state index in [1.54, 1.807) is 31.2 Å². The van der Waals surface area contributed by atoms with Crippen LogP contribution in [0.3, 0.4) is 0 Å². The van der Waals surface area contributed by atoms with Gasteiger partial charge in [-0.3, -0.25) is 10.2 Å². The van der Waals surface area contributed by atoms with Crippen LogP contribution in [-0.4, -0.2) is 33.7 Å². The SMILES string of the molecule is CCCC(=O)ON1C(=O)C(CO)(N2NC=CN=[N+]2[O-])c2ccccc21. The Labute approximate surface area is 143 Å². The summed E-state index contributed by atoms with van der Waals surface area (Å²) < 4.78 is 0. The topological polar surface area (TPSA) is 121 Å². The fraction of sp³-hybridized carbons (Fsp3) is 0.333. The van der Waals surface area contributed by atoms with Gasteiger partial charge in [-0.05, 0) is 17.6 Å². The van der Waals surface area contributed by atoms with Crippen LogP contribution in [0.2, 0.25) is 0 Å². The molecule has 2 heterocycles. The predicted molar refractivity (Wildman–Crippen MR) is 83.9 cm³/mol. The molecule has 0 fully saturated rings. The van der Waals surface area contributed by atoms with Crippen molar-refractivity contribution in [3.8, 4) is 0 Å². The number of nitrogens with zero attached hydrogens (tertiary/aromatic N) is 4. The summed E-state index contributed by atoms with van der Waals surface area (Å²) in [4.78, 5) is 30.3. The quantitative estimate of drug-likeness (QED) is 0.592. The van der Waals surface area contributed by atoms with E-state index in [4.69, 9.17) is 4.84 Å². The minimum Gasteiger partial charge on any atom is -0.570 e. The first-order chi connectivity index (χ1) is 12.1. The maximum Gasteiger partial charge on any atom is 0.333 e. The third kappa shape index (κ3) is 2.47. The molecule has 2 N–H and O–H groups in total. The molecule has 1 amide bonds. The number of amides is 1. The second-order valence-electron chi connectivity index (χ2n) is 5.47. The number of aliphatic hydroxyl groups is 1. The number of carbonyl (C=O) groups is 2. The molecule has 0 aliphatic carbocycles. The van der Waals surface area contributed by atoms with Crippen molar-refractivity contribution in [1.82, 2.24) is 10.5 Å². The number of carbonyl (C=O) groups excluding carboxylic acids is 2. The number of hydrogen-bond acceptors (Lipinski definition) is 8. The van der Waals surface area contributed by atoms with Crippen molar-refractivity contribution in [2.75, 3.05) is 11.7 Å². The van der Waals surface area contributed by atoms with Crippen molar-refractivity contribution in [3.63, 3.8) is 0 Å². The molecule has 0 saturated heterocycles. The summed E-state index contributed by atoms with van der Waals surface area (Å²) in [6, 6.07) is 6.45. The van der Waals surface area contributed by atoms with Crippen LogP contribution in [0.4, 0.5) is 5.69 Å². The van der Waals surface area contributed by atoms with Crippen molar-refractivity contribution in [2.45, 2.75) is 25.3 Å². The average molecular weight is 347 g/mol. The van der Waals surface area contributed by atoms with Crippen LogP contribution in [0.1, 0.15) is 25.3 Å². The molecule has 25 heavy (non-hydrogen) atoms. The second kappa shape index (κ2) is 6.40. The highest BCUT2D eigenvalue weighted by Crippen LogP contribution is 2.43. The molecule has 2 aliphatic rings. The summed E-state index contributed by atoms with van der Waals surface area (Å²) in [6.07, 6.45) is 3.23. The van der Waals surface area contributed by atoms with E-state index in [-0.39, 0.29) is 17.1 Å². The van der Waals surface area contributed by atoms with E-state index < -0.39 is 24.0 Å². The Bertz CT molecular complexity index is 764. The molecule has 0 saturated carbocycles. The van der Waals surface area contributed by atoms with Gasteiger partial charge in [0.1, 0.15) is 6.20 Å². The van der Waals surface area contributed by atoms with Crippen LogP contribution in [0, 0.1) is 5.21 Å². The minimum absolute atomic E-state index is 0.131. The second-order valence-corrected chi connectivity index (χ2v) is 5.47. The van der Waals surface area contributed by atoms with Crippen molar-refractivity contribution in [3.05, 3.63) is 47.4 Å². The highest BCUT2D eigenvalue weighted by Gasteiger charge is 2.61. The van der Waals surface area contributed by atoms with Crippen LogP contribution in [0.5, 0.6) is 0 Å². The van der Waals surface area contributed by atoms with Crippen molar-refractivity contribution in [2.24, 2.45) is 5.11 Å². The number of benzene rings is 1. The minimum atomic E-state index is -1.82. The molecule has 2 aliphatic heterocycles. The van der Waals surface area contributed by atoms with Crippen LogP contribution in [0.25, 0.3) is 0 Å². The van der Waals surface area contributed by atoms with Gasteiger partial charge in [-0.25, -0.2) is 4.79 Å². The molecule has 0 radical (unpaired) electrons. The maximum absolute atomic E-state index is 13.1. The number of hydroxylamine groups is 1. The Hall–Kier alpha value is -3.14. The largest absolute Gasteiger partial charge is 0.570 e. The van der Waals surface area contributed by atoms with Crippen LogP contribution in [-0.2, 0) is 20.0 Å². The summed E-state index contributed by atoms with van der Waals surface area (Å²) in [6.45, 7) is 1.07. The van der Waals surface area contributed by atoms with Gasteiger partial charge in [0.25, 0.3) is 5.54 Å². The third-order valence-electron chi connectivity index (χ3n) is 3.95. The first kappa shape index (κ1) is 16.7. The van der Waals surface area contributed by atoms with Crippen LogP contribution >= 0.6 is 0 Å². The molecular weight excluding hydrogens is 330 g/mol. The number of anilines is 1. The highest BCUT2D eigenvalue weighted by atomic mass is 16.7. The molecule has 3 rings (SSSR count). The Kier molecular flexibility index (Phi) is 4.28. The monoisotopic (exact) mass is 347 g/mol. The van der Waals surface area contributed by atoms with E-state index in [2.05, 4.69) is 10.5 Å². The predicted octanol–water partition coefficient (Wildman–Crippen LogP) is 0.648. The number of nitrogens with one attached hydrogen (secondary N) is 1. The normalized spacial score (nSPS) is 21.7. The number of hydrogen-bond donors (Lipinski definition) is 2. The van der Waals surface area contributed by atoms with E-state index in [1.807, 2.05) is 0 Å². The summed E-state index contributed by atoms with van der Waals surface area (Å²) in [5.41, 5.74) is 1.36. The lowest BCUT2D eigenvalue weighted by atomic mass is 9.92. The van der Waals surface area contributed by atoms with E-state index in [1.165, 1.54) is 12.4 Å². The lowest BCUT2D eigenvalue weighted by Crippen LogP contribution is -2.62. The maximum atomic E-state index is 13.1. The smallest absolute Gasteiger partial charge is 0.333 e. The van der Waals surface area contributed by atoms with Crippen LogP contribution in [0.15, 0.2) is 41.8 Å². The number of fused-ring (bicyclic) bond motifs is 1. The molecule has 0 bridgehead atoms. The van der Waals surface area contributed by atoms with Gasteiger partial charge in [0, 0.05) is 23.3 Å². The number of rotatable bonds is 5. The molecule has 132 valence electrons. The van der Waals surface area contributed by atoms with E-state index in [0.717, 1.165) is 10.2 Å². The lowest BCUT2D eigenvalue weighted by Gasteiger charge is -2.33. The molecule has 1 atom stereocenters. The molecule has 1 unspecified atom stereocenters. The Morgan fingerprint density at radius 1 is 1.48 bits per heavy atom. The van der Waals surface area contributed by atoms with E-state index in [9.17, 15) is 19.9 Å². The van der Waals surface area contributed by atoms with Crippen molar-refractivity contribution < 1.29 is 24.5 Å². The van der Waals surface area contributed by atoms with Crippen LogP contribution < -0.4 is 10.5 Å². The van der Waals surface area contributed by atoms with Gasteiger partial charge >= 0.3 is 11.9 Å². The fourth-order valence-electron chi connectivity index (χ4n) is 2.81. The Balaban J connectivity index is 2.08. The van der Waals surface area contributed by atoms with Gasteiger partial charge < -0.3 is 15.2 Å². The van der Waals surface area contributed by atoms with Gasteiger partial charge in [-0.15, -0.1) is 5.06 Å². The third-order valence-corrected chi connectivity index (χ3v) is 3.95. The zero-order valence-electron chi connectivity index (χ0n) is 13.5. The number of para-hydroxylation sites is 1. The fourth-order valence-corrected chi connectivity index (χ4v) is 2.81. The number of aliphatic hydroxyl groups excluding tert-OH is 1. The van der Waals surface area contributed by atoms with Gasteiger partial charge in [0.2, 0.25) is 0 Å². The van der Waals surface area contributed by atoms with Crippen molar-refractivity contribution in [1.29, 1.82) is 0 Å². The molecule has 1 aromatic carbocycles. The van der Waals surface area contributed by atoms with Crippen molar-refractivity contribution >= 4 is 17.6 Å². The lowest BCUT2D eigenvalue weighted by molar-refractivity contribution is -0.721. The average Bonchev–Trinajstić information content (AvgIpc) is 2.85. The van der Waals surface area contributed by atoms with Gasteiger partial charge in [-0.1, -0.05) is 25.1 Å². The number of hydrazine groups is 2. The molecule has 1 aromatic rings. The zero-order valence-corrected chi connectivity index (χ0v) is 13.5. The van der Waals surface area contributed by atoms with E-state index in [0.29, 0.717) is 12.0 Å². The summed E-state index contributed by atoms with van der Waals surface area (Å²) in [7, 11) is 0. The van der Waals surface area contributed by atoms with E-state index >= 15 is 0 Å². The standard InChI is InChI=1S/C15H17N5O5/c1-2-5-13(22)25-18-12-7-4-3-6-11(12)15(10-21,14(18)23)19-16-8-9-17-20(19)24/h3-4,6-9,16,21H,2,5,10H2,1H3. The van der Waals surface area contributed by atoms with Gasteiger partial charge in [0.15, 0.2) is 0 Å². The zero-order chi connectivity index (χ0) is 18.0. The highest BCUT2D eigenvalue weighted by molar-refractivity contribution is 6.07. The molecule has 0 aromatic heterocycles. The summed E-state index contributed by atoms with van der Waals surface area (Å²) >= 11 is 0. The van der Waals surface area contributed by atoms with Gasteiger partial charge in [0.05, 0.1) is 17.3 Å². The molecular formula is C15H17N5O5. The summed E-state index contributed by atoms with van der Waals surface area (Å²) in [5, 5.41) is 27.4. The summed E-state index contributed by atoms with van der Waals surface area (Å²) in [5.74, 6) is -1.37. The van der Waals surface area contributed by atoms with Gasteiger partial charge in [-0.2, -0.15) is 0 Å². The Morgan fingerprint density at radius 2 is 2.24 bits per heavy atom.